The molecule has 1 aliphatic carbocycles. The Morgan fingerprint density at radius 3 is 3.04 bits per heavy atom. The third-order valence-electron chi connectivity index (χ3n) is 4.68. The van der Waals surface area contributed by atoms with Gasteiger partial charge in [-0.15, -0.1) is 11.3 Å². The fraction of sp³-hybridized carbons (Fsp3) is 0.400. The normalized spacial score (nSPS) is 16.6. The Kier molecular flexibility index (Phi) is 5.31. The molecule has 26 heavy (non-hydrogen) atoms. The van der Waals surface area contributed by atoms with Crippen LogP contribution in [-0.2, 0) is 12.8 Å². The van der Waals surface area contributed by atoms with Crippen molar-refractivity contribution in [3.63, 3.8) is 0 Å². The molecule has 0 spiro atoms. The standard InChI is InChI=1S/C20H22N2O2S2/c1-13-8-9-15-16(12-13)26-19-17(15)18(23)21-20(22-19)25-11-5-10-24-14-6-3-2-4-7-14/h2-4,6-7,13H,5,8-12H2,1H3,(H,21,22,23)/t13-/m0/s1. The molecule has 4 rings (SSSR count). The number of benzene rings is 1. The average Bonchev–Trinajstić information content (AvgIpc) is 3.00. The Balaban J connectivity index is 1.39. The molecule has 0 bridgehead atoms. The largest absolute Gasteiger partial charge is 0.494 e. The second-order valence-corrected chi connectivity index (χ2v) is 8.93. The molecule has 136 valence electrons. The smallest absolute Gasteiger partial charge is 0.260 e. The van der Waals surface area contributed by atoms with Gasteiger partial charge in [0.15, 0.2) is 5.16 Å². The van der Waals surface area contributed by atoms with Gasteiger partial charge in [0.1, 0.15) is 10.6 Å². The van der Waals surface area contributed by atoms with Crippen LogP contribution in [0.5, 0.6) is 5.75 Å². The summed E-state index contributed by atoms with van der Waals surface area (Å²) in [5.41, 5.74) is 1.26. The van der Waals surface area contributed by atoms with Crippen molar-refractivity contribution in [2.45, 2.75) is 37.8 Å². The monoisotopic (exact) mass is 386 g/mol. The van der Waals surface area contributed by atoms with E-state index in [9.17, 15) is 4.79 Å². The van der Waals surface area contributed by atoms with Crippen LogP contribution in [0.4, 0.5) is 0 Å². The maximum Gasteiger partial charge on any atom is 0.260 e. The van der Waals surface area contributed by atoms with Gasteiger partial charge in [0.2, 0.25) is 0 Å². The number of nitrogens with zero attached hydrogens (tertiary/aromatic N) is 1. The highest BCUT2D eigenvalue weighted by Crippen LogP contribution is 2.36. The van der Waals surface area contributed by atoms with E-state index in [0.717, 1.165) is 47.4 Å². The van der Waals surface area contributed by atoms with Crippen LogP contribution in [0.25, 0.3) is 10.2 Å². The molecule has 1 N–H and O–H groups in total. The summed E-state index contributed by atoms with van der Waals surface area (Å²) in [4.78, 5) is 22.5. The minimum absolute atomic E-state index is 0.0186. The molecule has 0 saturated carbocycles. The van der Waals surface area contributed by atoms with Gasteiger partial charge >= 0.3 is 0 Å². The van der Waals surface area contributed by atoms with Crippen molar-refractivity contribution < 1.29 is 4.74 Å². The summed E-state index contributed by atoms with van der Waals surface area (Å²) in [7, 11) is 0. The Bertz CT molecular complexity index is 950. The van der Waals surface area contributed by atoms with Gasteiger partial charge in [0, 0.05) is 10.6 Å². The maximum atomic E-state index is 12.6. The van der Waals surface area contributed by atoms with Crippen LogP contribution in [0.15, 0.2) is 40.3 Å². The number of ether oxygens (including phenoxy) is 1. The zero-order valence-corrected chi connectivity index (χ0v) is 16.4. The Morgan fingerprint density at radius 2 is 2.19 bits per heavy atom. The average molecular weight is 387 g/mol. The molecule has 2 heterocycles. The highest BCUT2D eigenvalue weighted by molar-refractivity contribution is 7.99. The fourth-order valence-electron chi connectivity index (χ4n) is 3.33. The van der Waals surface area contributed by atoms with Crippen LogP contribution < -0.4 is 10.3 Å². The summed E-state index contributed by atoms with van der Waals surface area (Å²) in [6.07, 6.45) is 4.15. The van der Waals surface area contributed by atoms with Gasteiger partial charge in [0.05, 0.1) is 12.0 Å². The Labute approximate surface area is 161 Å². The van der Waals surface area contributed by atoms with E-state index in [0.29, 0.717) is 17.7 Å². The van der Waals surface area contributed by atoms with E-state index >= 15 is 0 Å². The lowest BCUT2D eigenvalue weighted by molar-refractivity contribution is 0.318. The minimum atomic E-state index is 0.0186. The zero-order valence-electron chi connectivity index (χ0n) is 14.8. The van der Waals surface area contributed by atoms with E-state index in [-0.39, 0.29) is 5.56 Å². The Hall–Kier alpha value is -1.79. The van der Waals surface area contributed by atoms with E-state index in [1.54, 1.807) is 23.1 Å². The van der Waals surface area contributed by atoms with Crippen LogP contribution in [0.2, 0.25) is 0 Å². The van der Waals surface area contributed by atoms with E-state index in [2.05, 4.69) is 11.9 Å². The van der Waals surface area contributed by atoms with E-state index in [1.165, 1.54) is 10.4 Å². The molecular formula is C20H22N2O2S2. The number of rotatable bonds is 6. The third kappa shape index (κ3) is 3.81. The lowest BCUT2D eigenvalue weighted by Crippen LogP contribution is -2.13. The van der Waals surface area contributed by atoms with E-state index < -0.39 is 0 Å². The summed E-state index contributed by atoms with van der Waals surface area (Å²) in [5, 5.41) is 1.54. The van der Waals surface area contributed by atoms with Crippen molar-refractivity contribution in [1.29, 1.82) is 0 Å². The highest BCUT2D eigenvalue weighted by atomic mass is 32.2. The van der Waals surface area contributed by atoms with Crippen LogP contribution in [0.3, 0.4) is 0 Å². The maximum absolute atomic E-state index is 12.6. The predicted octanol–water partition coefficient (Wildman–Crippen LogP) is 4.67. The number of aromatic nitrogens is 2. The lowest BCUT2D eigenvalue weighted by Gasteiger charge is -2.17. The SMILES string of the molecule is C[C@H]1CCc2c(sc3nc(SCCCOc4ccccc4)[nH]c(=O)c23)C1. The van der Waals surface area contributed by atoms with Gasteiger partial charge in [-0.1, -0.05) is 36.9 Å². The third-order valence-corrected chi connectivity index (χ3v) is 6.79. The molecule has 0 aliphatic heterocycles. The molecule has 0 fully saturated rings. The summed E-state index contributed by atoms with van der Waals surface area (Å²) >= 11 is 3.29. The molecule has 3 aromatic rings. The molecule has 6 heteroatoms. The minimum Gasteiger partial charge on any atom is -0.494 e. The number of hydrogen-bond acceptors (Lipinski definition) is 5. The summed E-state index contributed by atoms with van der Waals surface area (Å²) in [6, 6.07) is 9.83. The van der Waals surface area contributed by atoms with Gasteiger partial charge in [0.25, 0.3) is 5.56 Å². The highest BCUT2D eigenvalue weighted by Gasteiger charge is 2.22. The van der Waals surface area contributed by atoms with Crippen LogP contribution in [-0.4, -0.2) is 22.3 Å². The molecule has 1 atom stereocenters. The molecule has 0 amide bonds. The van der Waals surface area contributed by atoms with Crippen LogP contribution >= 0.6 is 23.1 Å². The van der Waals surface area contributed by atoms with E-state index in [1.807, 2.05) is 30.3 Å². The summed E-state index contributed by atoms with van der Waals surface area (Å²) < 4.78 is 5.70. The lowest BCUT2D eigenvalue weighted by atomic mass is 9.89. The molecule has 0 saturated heterocycles. The zero-order chi connectivity index (χ0) is 17.9. The summed E-state index contributed by atoms with van der Waals surface area (Å²) in [5.74, 6) is 2.46. The van der Waals surface area contributed by atoms with Crippen molar-refractivity contribution in [2.75, 3.05) is 12.4 Å². The molecule has 1 aromatic carbocycles. The van der Waals surface area contributed by atoms with Crippen molar-refractivity contribution in [3.05, 3.63) is 51.1 Å². The number of fused-ring (bicyclic) bond motifs is 3. The van der Waals surface area contributed by atoms with Gasteiger partial charge < -0.3 is 9.72 Å². The van der Waals surface area contributed by atoms with Crippen molar-refractivity contribution >= 4 is 33.3 Å². The number of H-pyrrole nitrogens is 1. The topological polar surface area (TPSA) is 55.0 Å². The first-order valence-electron chi connectivity index (χ1n) is 9.06. The van der Waals surface area contributed by atoms with Gasteiger partial charge in [-0.25, -0.2) is 4.98 Å². The van der Waals surface area contributed by atoms with Gasteiger partial charge in [-0.2, -0.15) is 0 Å². The number of nitrogens with one attached hydrogen (secondary N) is 1. The number of aromatic amines is 1. The number of aryl methyl sites for hydroxylation is 1. The number of para-hydroxylation sites is 1. The molecular weight excluding hydrogens is 364 g/mol. The van der Waals surface area contributed by atoms with Crippen molar-refractivity contribution in [2.24, 2.45) is 5.92 Å². The first kappa shape index (κ1) is 17.6. The first-order valence-corrected chi connectivity index (χ1v) is 10.9. The predicted molar refractivity (Wildman–Crippen MR) is 109 cm³/mol. The van der Waals surface area contributed by atoms with E-state index in [4.69, 9.17) is 9.72 Å². The Morgan fingerprint density at radius 1 is 1.35 bits per heavy atom. The molecule has 2 aromatic heterocycles. The number of hydrogen-bond donors (Lipinski definition) is 1. The molecule has 4 nitrogen and oxygen atoms in total. The van der Waals surface area contributed by atoms with Crippen LogP contribution in [0.1, 0.15) is 30.2 Å². The molecule has 0 unspecified atom stereocenters. The second kappa shape index (κ2) is 7.84. The fourth-order valence-corrected chi connectivity index (χ4v) is 5.55. The van der Waals surface area contributed by atoms with Gasteiger partial charge in [-0.05, 0) is 49.3 Å². The van der Waals surface area contributed by atoms with Crippen molar-refractivity contribution in [1.82, 2.24) is 9.97 Å². The van der Waals surface area contributed by atoms with Crippen LogP contribution in [0, 0.1) is 5.92 Å². The second-order valence-electron chi connectivity index (χ2n) is 6.77. The number of thioether (sulfide) groups is 1. The molecule has 0 radical (unpaired) electrons. The van der Waals surface area contributed by atoms with Crippen molar-refractivity contribution in [3.8, 4) is 5.75 Å². The number of thiophene rings is 1. The first-order chi connectivity index (χ1) is 12.7. The summed E-state index contributed by atoms with van der Waals surface area (Å²) in [6.45, 7) is 2.94. The van der Waals surface area contributed by atoms with Gasteiger partial charge in [-0.3, -0.25) is 4.79 Å². The quantitative estimate of drug-likeness (QED) is 0.380. The molecule has 1 aliphatic rings.